The van der Waals surface area contributed by atoms with Gasteiger partial charge in [0.1, 0.15) is 12.4 Å². The lowest BCUT2D eigenvalue weighted by molar-refractivity contribution is 0.174. The van der Waals surface area contributed by atoms with Crippen LogP contribution >= 0.6 is 11.8 Å². The van der Waals surface area contributed by atoms with Crippen LogP contribution < -0.4 is 0 Å². The molecule has 6 heteroatoms. The average Bonchev–Trinajstić information content (AvgIpc) is 2.90. The quantitative estimate of drug-likeness (QED) is 0.764. The van der Waals surface area contributed by atoms with Crippen molar-refractivity contribution in [2.24, 2.45) is 0 Å². The van der Waals surface area contributed by atoms with Gasteiger partial charge in [-0.25, -0.2) is 0 Å². The first-order valence-electron chi connectivity index (χ1n) is 5.23. The summed E-state index contributed by atoms with van der Waals surface area (Å²) in [6.45, 7) is 4.31. The van der Waals surface area contributed by atoms with Gasteiger partial charge in [-0.15, -0.1) is 11.8 Å². The van der Waals surface area contributed by atoms with Crippen LogP contribution in [-0.2, 0) is 11.3 Å². The highest BCUT2D eigenvalue weighted by Crippen LogP contribution is 2.35. The third kappa shape index (κ3) is 2.89. The second-order valence-electron chi connectivity index (χ2n) is 3.58. The largest absolute Gasteiger partial charge is 0.468 e. The zero-order valence-corrected chi connectivity index (χ0v) is 10.8. The Morgan fingerprint density at radius 2 is 2.35 bits per heavy atom. The van der Waals surface area contributed by atoms with E-state index in [-0.39, 0.29) is 5.25 Å². The van der Waals surface area contributed by atoms with E-state index in [0.717, 1.165) is 10.7 Å². The topological polar surface area (TPSA) is 61.3 Å². The zero-order chi connectivity index (χ0) is 12.3. The molecule has 2 aromatic rings. The maximum absolute atomic E-state index is 5.24. The van der Waals surface area contributed by atoms with E-state index in [4.69, 9.17) is 13.7 Å². The molecule has 0 saturated carbocycles. The van der Waals surface area contributed by atoms with Crippen molar-refractivity contribution in [3.63, 3.8) is 0 Å². The van der Waals surface area contributed by atoms with Crippen LogP contribution in [0, 0.1) is 6.92 Å². The first kappa shape index (κ1) is 12.2. The van der Waals surface area contributed by atoms with Gasteiger partial charge in [0.15, 0.2) is 5.82 Å². The number of hydrogen-bond donors (Lipinski definition) is 0. The third-order valence-electron chi connectivity index (χ3n) is 2.22. The van der Waals surface area contributed by atoms with E-state index in [1.165, 1.54) is 0 Å². The number of aryl methyl sites for hydroxylation is 1. The Balaban J connectivity index is 2.04. The second kappa shape index (κ2) is 5.37. The molecular weight excluding hydrogens is 240 g/mol. The Bertz CT molecular complexity index is 481. The van der Waals surface area contributed by atoms with Crippen LogP contribution in [0.15, 0.2) is 26.2 Å². The fourth-order valence-electron chi connectivity index (χ4n) is 1.36. The van der Waals surface area contributed by atoms with E-state index in [1.807, 2.05) is 19.9 Å². The number of thioether (sulfide) groups is 1. The molecule has 0 aliphatic heterocycles. The van der Waals surface area contributed by atoms with E-state index in [2.05, 4.69) is 10.1 Å². The Kier molecular flexibility index (Phi) is 3.86. The molecule has 2 aromatic heterocycles. The minimum atomic E-state index is 0.0874. The number of ether oxygens (including phenoxy) is 1. The lowest BCUT2D eigenvalue weighted by atomic mass is 10.5. The standard InChI is InChI=1S/C11H14N2O3S/c1-7-9(4-5-15-7)17-8(2)11-12-10(6-14-3)13-16-11/h4-5,8H,6H2,1-3H3/t8-/m0/s1. The Labute approximate surface area is 104 Å². The normalized spacial score (nSPS) is 12.9. The summed E-state index contributed by atoms with van der Waals surface area (Å²) in [7, 11) is 1.60. The molecule has 0 saturated heterocycles. The van der Waals surface area contributed by atoms with Crippen molar-refractivity contribution in [2.45, 2.75) is 30.6 Å². The van der Waals surface area contributed by atoms with Gasteiger partial charge in [0.2, 0.25) is 5.89 Å². The van der Waals surface area contributed by atoms with Gasteiger partial charge in [0.25, 0.3) is 0 Å². The molecule has 17 heavy (non-hydrogen) atoms. The lowest BCUT2D eigenvalue weighted by Gasteiger charge is -2.04. The molecule has 2 rings (SSSR count). The van der Waals surface area contributed by atoms with Crippen molar-refractivity contribution in [3.8, 4) is 0 Å². The summed E-state index contributed by atoms with van der Waals surface area (Å²) >= 11 is 1.63. The predicted molar refractivity (Wildman–Crippen MR) is 62.7 cm³/mol. The first-order valence-corrected chi connectivity index (χ1v) is 6.11. The van der Waals surface area contributed by atoms with Gasteiger partial charge in [-0.3, -0.25) is 0 Å². The number of nitrogens with zero attached hydrogens (tertiary/aromatic N) is 2. The van der Waals surface area contributed by atoms with Crippen molar-refractivity contribution in [1.29, 1.82) is 0 Å². The van der Waals surface area contributed by atoms with Crippen molar-refractivity contribution in [3.05, 3.63) is 29.8 Å². The summed E-state index contributed by atoms with van der Waals surface area (Å²) in [5, 5.41) is 3.92. The van der Waals surface area contributed by atoms with Gasteiger partial charge in [-0.05, 0) is 19.9 Å². The van der Waals surface area contributed by atoms with E-state index in [9.17, 15) is 0 Å². The van der Waals surface area contributed by atoms with E-state index in [1.54, 1.807) is 25.1 Å². The maximum Gasteiger partial charge on any atom is 0.239 e. The van der Waals surface area contributed by atoms with Crippen LogP contribution in [0.3, 0.4) is 0 Å². The van der Waals surface area contributed by atoms with Crippen molar-refractivity contribution in [2.75, 3.05) is 7.11 Å². The highest BCUT2D eigenvalue weighted by Gasteiger charge is 2.17. The SMILES string of the molecule is COCc1noc([C@H](C)Sc2ccoc2C)n1. The molecule has 2 heterocycles. The monoisotopic (exact) mass is 254 g/mol. The molecule has 0 fully saturated rings. The Morgan fingerprint density at radius 1 is 1.53 bits per heavy atom. The molecule has 0 N–H and O–H groups in total. The van der Waals surface area contributed by atoms with E-state index < -0.39 is 0 Å². The van der Waals surface area contributed by atoms with Crippen molar-refractivity contribution in [1.82, 2.24) is 10.1 Å². The molecule has 0 spiro atoms. The number of furan rings is 1. The van der Waals surface area contributed by atoms with E-state index >= 15 is 0 Å². The van der Waals surface area contributed by atoms with Gasteiger partial charge in [0.05, 0.1) is 11.5 Å². The molecule has 0 aliphatic carbocycles. The summed E-state index contributed by atoms with van der Waals surface area (Å²) in [4.78, 5) is 5.34. The summed E-state index contributed by atoms with van der Waals surface area (Å²) in [5.74, 6) is 2.07. The zero-order valence-electron chi connectivity index (χ0n) is 9.97. The van der Waals surface area contributed by atoms with Crippen LogP contribution in [0.1, 0.15) is 29.6 Å². The second-order valence-corrected chi connectivity index (χ2v) is 4.97. The summed E-state index contributed by atoms with van der Waals surface area (Å²) < 4.78 is 15.4. The number of hydrogen-bond acceptors (Lipinski definition) is 6. The molecule has 1 atom stereocenters. The molecule has 0 unspecified atom stereocenters. The van der Waals surface area contributed by atoms with Gasteiger partial charge in [-0.2, -0.15) is 4.98 Å². The van der Waals surface area contributed by atoms with Crippen LogP contribution in [-0.4, -0.2) is 17.3 Å². The summed E-state index contributed by atoms with van der Waals surface area (Å²) in [5.41, 5.74) is 0. The molecule has 0 bridgehead atoms. The Hall–Kier alpha value is -1.27. The third-order valence-corrected chi connectivity index (χ3v) is 3.45. The van der Waals surface area contributed by atoms with Crippen LogP contribution in [0.25, 0.3) is 0 Å². The highest BCUT2D eigenvalue weighted by atomic mass is 32.2. The lowest BCUT2D eigenvalue weighted by Crippen LogP contribution is -1.92. The van der Waals surface area contributed by atoms with Crippen LogP contribution in [0.2, 0.25) is 0 Å². The van der Waals surface area contributed by atoms with Gasteiger partial charge < -0.3 is 13.7 Å². The number of methoxy groups -OCH3 is 1. The smallest absolute Gasteiger partial charge is 0.239 e. The van der Waals surface area contributed by atoms with Crippen molar-refractivity contribution < 1.29 is 13.7 Å². The molecule has 0 amide bonds. The molecular formula is C11H14N2O3S. The minimum absolute atomic E-state index is 0.0874. The minimum Gasteiger partial charge on any atom is -0.468 e. The summed E-state index contributed by atoms with van der Waals surface area (Å²) in [6.07, 6.45) is 1.68. The highest BCUT2D eigenvalue weighted by molar-refractivity contribution is 7.99. The number of aromatic nitrogens is 2. The average molecular weight is 254 g/mol. The molecule has 0 radical (unpaired) electrons. The van der Waals surface area contributed by atoms with Gasteiger partial charge in [-0.1, -0.05) is 5.16 Å². The fraction of sp³-hybridized carbons (Fsp3) is 0.455. The van der Waals surface area contributed by atoms with Gasteiger partial charge >= 0.3 is 0 Å². The number of rotatable bonds is 5. The van der Waals surface area contributed by atoms with Gasteiger partial charge in [0, 0.05) is 12.0 Å². The summed E-state index contributed by atoms with van der Waals surface area (Å²) in [6, 6.07) is 1.93. The molecule has 92 valence electrons. The molecule has 0 aliphatic rings. The Morgan fingerprint density at radius 3 is 3.00 bits per heavy atom. The fourth-order valence-corrected chi connectivity index (χ4v) is 2.28. The maximum atomic E-state index is 5.24. The molecule has 0 aromatic carbocycles. The van der Waals surface area contributed by atoms with Crippen LogP contribution in [0.5, 0.6) is 0 Å². The van der Waals surface area contributed by atoms with E-state index in [0.29, 0.717) is 18.3 Å². The van der Waals surface area contributed by atoms with Crippen molar-refractivity contribution >= 4 is 11.8 Å². The first-order chi connectivity index (χ1) is 8.20. The molecule has 5 nitrogen and oxygen atoms in total. The predicted octanol–water partition coefficient (Wildman–Crippen LogP) is 2.97. The van der Waals surface area contributed by atoms with Crippen LogP contribution in [0.4, 0.5) is 0 Å².